The summed E-state index contributed by atoms with van der Waals surface area (Å²) < 4.78 is 19.4. The first kappa shape index (κ1) is 15.8. The summed E-state index contributed by atoms with van der Waals surface area (Å²) in [6.07, 6.45) is 0. The minimum absolute atomic E-state index is 0.00649. The molecular weight excluding hydrogens is 337 g/mol. The maximum Gasteiger partial charge on any atom is 0.310 e. The summed E-state index contributed by atoms with van der Waals surface area (Å²) in [5.41, 5.74) is -0.0511. The van der Waals surface area contributed by atoms with Gasteiger partial charge in [0.1, 0.15) is 11.3 Å². The first-order valence-electron chi connectivity index (χ1n) is 6.76. The topological polar surface area (TPSA) is 94.4 Å². The molecule has 0 aliphatic heterocycles. The van der Waals surface area contributed by atoms with Crippen molar-refractivity contribution >= 4 is 38.3 Å². The zero-order valence-electron chi connectivity index (χ0n) is 12.1. The van der Waals surface area contributed by atoms with Crippen LogP contribution in [0.4, 0.5) is 15.2 Å². The van der Waals surface area contributed by atoms with E-state index in [2.05, 4.69) is 10.3 Å². The van der Waals surface area contributed by atoms with Crippen LogP contribution in [0.1, 0.15) is 0 Å². The number of benzene rings is 2. The fourth-order valence-electron chi connectivity index (χ4n) is 2.00. The molecule has 1 aromatic heterocycles. The lowest BCUT2D eigenvalue weighted by molar-refractivity contribution is -0.385. The van der Waals surface area contributed by atoms with Gasteiger partial charge in [-0.1, -0.05) is 29.5 Å². The third-order valence-electron chi connectivity index (χ3n) is 3.04. The minimum atomic E-state index is -0.594. The molecule has 7 nitrogen and oxygen atoms in total. The Morgan fingerprint density at radius 2 is 2.08 bits per heavy atom. The van der Waals surface area contributed by atoms with E-state index in [9.17, 15) is 19.3 Å². The van der Waals surface area contributed by atoms with Gasteiger partial charge in [0.2, 0.25) is 0 Å². The molecule has 0 radical (unpaired) electrons. The number of nitro groups is 1. The second kappa shape index (κ2) is 6.59. The number of para-hydroxylation sites is 3. The number of hydrogen-bond donors (Lipinski definition) is 1. The van der Waals surface area contributed by atoms with Gasteiger partial charge in [0.25, 0.3) is 5.91 Å². The van der Waals surface area contributed by atoms with Gasteiger partial charge >= 0.3 is 5.69 Å². The number of nitro benzene ring substituents is 1. The number of hydrogen-bond acceptors (Lipinski definition) is 6. The quantitative estimate of drug-likeness (QED) is 0.564. The summed E-state index contributed by atoms with van der Waals surface area (Å²) in [7, 11) is 0. The van der Waals surface area contributed by atoms with Crippen LogP contribution in [0.15, 0.2) is 42.5 Å². The Hall–Kier alpha value is -3.07. The molecule has 0 bridgehead atoms. The fourth-order valence-corrected chi connectivity index (χ4v) is 2.89. The minimum Gasteiger partial charge on any atom is -0.477 e. The van der Waals surface area contributed by atoms with Crippen molar-refractivity contribution in [3.8, 4) is 5.75 Å². The van der Waals surface area contributed by atoms with Gasteiger partial charge in [0.05, 0.1) is 9.62 Å². The number of ether oxygens (including phenoxy) is 1. The molecule has 1 N–H and O–H groups in total. The molecule has 24 heavy (non-hydrogen) atoms. The predicted molar refractivity (Wildman–Crippen MR) is 86.8 cm³/mol. The lowest BCUT2D eigenvalue weighted by Crippen LogP contribution is -2.20. The van der Waals surface area contributed by atoms with Crippen molar-refractivity contribution in [1.82, 2.24) is 4.98 Å². The highest BCUT2D eigenvalue weighted by Gasteiger charge is 2.16. The second-order valence-corrected chi connectivity index (χ2v) is 5.70. The molecule has 0 unspecified atom stereocenters. The summed E-state index contributed by atoms with van der Waals surface area (Å²) in [5.74, 6) is -1.03. The van der Waals surface area contributed by atoms with Gasteiger partial charge in [-0.05, 0) is 18.2 Å². The first-order valence-corrected chi connectivity index (χ1v) is 7.57. The van der Waals surface area contributed by atoms with Crippen molar-refractivity contribution in [2.45, 2.75) is 0 Å². The normalized spacial score (nSPS) is 10.5. The van der Waals surface area contributed by atoms with E-state index in [0.717, 1.165) is 11.3 Å². The van der Waals surface area contributed by atoms with Crippen molar-refractivity contribution < 1.29 is 18.8 Å². The van der Waals surface area contributed by atoms with Crippen LogP contribution in [0.2, 0.25) is 0 Å². The predicted octanol–water partition coefficient (Wildman–Crippen LogP) is 3.36. The average Bonchev–Trinajstić information content (AvgIpc) is 2.97. The zero-order chi connectivity index (χ0) is 17.1. The van der Waals surface area contributed by atoms with Crippen LogP contribution in [0, 0.1) is 15.9 Å². The highest BCUT2D eigenvalue weighted by Crippen LogP contribution is 2.28. The molecule has 1 amide bonds. The maximum absolute atomic E-state index is 13.6. The van der Waals surface area contributed by atoms with Gasteiger partial charge < -0.3 is 4.74 Å². The molecule has 2 aromatic carbocycles. The molecule has 0 aliphatic rings. The van der Waals surface area contributed by atoms with Crippen molar-refractivity contribution in [1.29, 1.82) is 0 Å². The molecule has 3 rings (SSSR count). The number of nitrogens with one attached hydrogen (secondary N) is 1. The first-order chi connectivity index (χ1) is 11.5. The maximum atomic E-state index is 13.6. The van der Waals surface area contributed by atoms with E-state index in [1.807, 2.05) is 0 Å². The molecule has 0 saturated heterocycles. The molecular formula is C15H10FN3O4S. The third kappa shape index (κ3) is 3.30. The molecule has 0 aliphatic carbocycles. The Morgan fingerprint density at radius 3 is 2.83 bits per heavy atom. The number of nitrogens with zero attached hydrogens (tertiary/aromatic N) is 2. The number of thiazole rings is 1. The highest BCUT2D eigenvalue weighted by molar-refractivity contribution is 7.22. The smallest absolute Gasteiger partial charge is 0.310 e. The van der Waals surface area contributed by atoms with Crippen LogP contribution < -0.4 is 10.1 Å². The van der Waals surface area contributed by atoms with Crippen molar-refractivity contribution in [2.75, 3.05) is 11.9 Å². The molecule has 1 heterocycles. The standard InChI is InChI=1S/C15H10FN3O4S/c16-9-4-3-7-12-14(9)18-15(24-12)17-13(20)8-23-11-6-2-1-5-10(11)19(21)22/h1-7H,8H2,(H,17,18,20). The third-order valence-corrected chi connectivity index (χ3v) is 3.97. The fraction of sp³-hybridized carbons (Fsp3) is 0.0667. The molecule has 3 aromatic rings. The Bertz CT molecular complexity index is 928. The Morgan fingerprint density at radius 1 is 1.29 bits per heavy atom. The number of anilines is 1. The number of amides is 1. The molecule has 122 valence electrons. The van der Waals surface area contributed by atoms with E-state index in [4.69, 9.17) is 4.74 Å². The van der Waals surface area contributed by atoms with Crippen LogP contribution in [0.25, 0.3) is 10.2 Å². The van der Waals surface area contributed by atoms with Gasteiger partial charge in [0.15, 0.2) is 17.5 Å². The molecule has 0 atom stereocenters. The number of halogens is 1. The van der Waals surface area contributed by atoms with Crippen molar-refractivity contribution in [2.24, 2.45) is 0 Å². The molecule has 9 heteroatoms. The lowest BCUT2D eigenvalue weighted by Gasteiger charge is -2.05. The summed E-state index contributed by atoms with van der Waals surface area (Å²) in [6, 6.07) is 10.3. The molecule has 0 spiro atoms. The number of carbonyl (C=O) groups is 1. The van der Waals surface area contributed by atoms with E-state index >= 15 is 0 Å². The van der Waals surface area contributed by atoms with E-state index in [1.54, 1.807) is 18.2 Å². The van der Waals surface area contributed by atoms with E-state index in [-0.39, 0.29) is 22.1 Å². The monoisotopic (exact) mass is 347 g/mol. The lowest BCUT2D eigenvalue weighted by atomic mass is 10.3. The Kier molecular flexibility index (Phi) is 4.34. The SMILES string of the molecule is O=C(COc1ccccc1[N+](=O)[O-])Nc1nc2c(F)cccc2s1. The number of carbonyl (C=O) groups excluding carboxylic acids is 1. The average molecular weight is 347 g/mol. The van der Waals surface area contributed by atoms with Gasteiger partial charge in [0, 0.05) is 6.07 Å². The van der Waals surface area contributed by atoms with E-state index in [0.29, 0.717) is 4.70 Å². The van der Waals surface area contributed by atoms with E-state index in [1.165, 1.54) is 24.3 Å². The summed E-state index contributed by atoms with van der Waals surface area (Å²) >= 11 is 1.12. The summed E-state index contributed by atoms with van der Waals surface area (Å²) in [4.78, 5) is 26.2. The zero-order valence-corrected chi connectivity index (χ0v) is 12.9. The van der Waals surface area contributed by atoms with Crippen molar-refractivity contribution in [3.05, 3.63) is 58.4 Å². The number of fused-ring (bicyclic) bond motifs is 1. The highest BCUT2D eigenvalue weighted by atomic mass is 32.1. The van der Waals surface area contributed by atoms with Gasteiger partial charge in [-0.25, -0.2) is 9.37 Å². The summed E-state index contributed by atoms with van der Waals surface area (Å²) in [6.45, 7) is -0.427. The Labute approximate surface area is 138 Å². The number of aromatic nitrogens is 1. The summed E-state index contributed by atoms with van der Waals surface area (Å²) in [5, 5.41) is 13.6. The van der Waals surface area contributed by atoms with Crippen molar-refractivity contribution in [3.63, 3.8) is 0 Å². The van der Waals surface area contributed by atoms with Crippen LogP contribution in [-0.2, 0) is 4.79 Å². The van der Waals surface area contributed by atoms with Gasteiger partial charge in [-0.2, -0.15) is 0 Å². The van der Waals surface area contributed by atoms with Crippen LogP contribution in [0.3, 0.4) is 0 Å². The van der Waals surface area contributed by atoms with Gasteiger partial charge in [-0.3, -0.25) is 20.2 Å². The van der Waals surface area contributed by atoms with Gasteiger partial charge in [-0.15, -0.1) is 0 Å². The van der Waals surface area contributed by atoms with E-state index < -0.39 is 23.3 Å². The number of rotatable bonds is 5. The van der Waals surface area contributed by atoms with Crippen LogP contribution in [-0.4, -0.2) is 22.4 Å². The second-order valence-electron chi connectivity index (χ2n) is 4.67. The van der Waals surface area contributed by atoms with Crippen LogP contribution in [0.5, 0.6) is 5.75 Å². The molecule has 0 fully saturated rings. The largest absolute Gasteiger partial charge is 0.477 e. The Balaban J connectivity index is 1.67. The molecule has 0 saturated carbocycles. The van der Waals surface area contributed by atoms with Crippen LogP contribution >= 0.6 is 11.3 Å².